The van der Waals surface area contributed by atoms with E-state index < -0.39 is 0 Å². The molecular weight excluding hydrogens is 438 g/mol. The maximum Gasteiger partial charge on any atom is 0.242 e. The summed E-state index contributed by atoms with van der Waals surface area (Å²) in [6.45, 7) is 5.62. The van der Waals surface area contributed by atoms with E-state index in [9.17, 15) is 4.79 Å². The fourth-order valence-electron chi connectivity index (χ4n) is 5.53. The van der Waals surface area contributed by atoms with Gasteiger partial charge < -0.3 is 14.4 Å². The van der Waals surface area contributed by atoms with Crippen molar-refractivity contribution >= 4 is 22.9 Å². The van der Waals surface area contributed by atoms with Crippen molar-refractivity contribution in [3.8, 4) is 0 Å². The lowest BCUT2D eigenvalue weighted by atomic mass is 9.95. The third kappa shape index (κ3) is 4.04. The van der Waals surface area contributed by atoms with Crippen LogP contribution < -0.4 is 4.90 Å². The third-order valence-electron chi connectivity index (χ3n) is 7.20. The van der Waals surface area contributed by atoms with Gasteiger partial charge in [0.2, 0.25) is 5.91 Å². The molecule has 0 radical (unpaired) electrons. The predicted molar refractivity (Wildman–Crippen MR) is 135 cm³/mol. The molecule has 8 nitrogen and oxygen atoms in total. The number of anilines is 1. The average molecular weight is 468 g/mol. The lowest BCUT2D eigenvalue weighted by Gasteiger charge is -2.49. The Morgan fingerprint density at radius 2 is 1.80 bits per heavy atom. The number of fused-ring (bicyclic) bond motifs is 2. The summed E-state index contributed by atoms with van der Waals surface area (Å²) in [4.78, 5) is 33.7. The molecule has 0 spiro atoms. The van der Waals surface area contributed by atoms with Gasteiger partial charge in [0.25, 0.3) is 0 Å². The zero-order chi connectivity index (χ0) is 23.8. The Balaban J connectivity index is 1.22. The molecule has 0 saturated carbocycles. The Morgan fingerprint density at radius 3 is 2.66 bits per heavy atom. The molecule has 1 unspecified atom stereocenters. The van der Waals surface area contributed by atoms with Crippen LogP contribution in [-0.4, -0.2) is 67.4 Å². The monoisotopic (exact) mass is 467 g/mol. The molecule has 6 rings (SSSR count). The number of benzene rings is 1. The van der Waals surface area contributed by atoms with Gasteiger partial charge in [0.1, 0.15) is 24.0 Å². The van der Waals surface area contributed by atoms with Gasteiger partial charge in [-0.15, -0.1) is 0 Å². The standard InChI is InChI=1S/C27H29N7O/c1-20-17-31(15-16-33(20)25(35)18-32-19-30-23-9-6-13-29-26(23)32)27-22-8-3-2-7-21(22)11-14-34(27)24-10-4-5-12-28-24/h2-10,12-13,19-20,27H,11,14-18H2,1H3/t20-,27?/m1/s1. The molecule has 178 valence electrons. The van der Waals surface area contributed by atoms with Crippen molar-refractivity contribution in [2.24, 2.45) is 0 Å². The fourth-order valence-corrected chi connectivity index (χ4v) is 5.53. The van der Waals surface area contributed by atoms with Crippen LogP contribution in [0.1, 0.15) is 24.2 Å². The van der Waals surface area contributed by atoms with E-state index in [4.69, 9.17) is 0 Å². The largest absolute Gasteiger partial charge is 0.336 e. The van der Waals surface area contributed by atoms with Crippen molar-refractivity contribution < 1.29 is 4.79 Å². The molecule has 2 aliphatic rings. The lowest BCUT2D eigenvalue weighted by Crippen LogP contribution is -2.58. The zero-order valence-electron chi connectivity index (χ0n) is 19.9. The van der Waals surface area contributed by atoms with Crippen molar-refractivity contribution in [1.82, 2.24) is 29.3 Å². The maximum absolute atomic E-state index is 13.3. The number of hydrogen-bond donors (Lipinski definition) is 0. The van der Waals surface area contributed by atoms with Crippen molar-refractivity contribution in [2.45, 2.75) is 32.1 Å². The molecule has 3 aromatic heterocycles. The number of aromatic nitrogens is 4. The topological polar surface area (TPSA) is 70.4 Å². The highest BCUT2D eigenvalue weighted by Gasteiger charge is 2.37. The van der Waals surface area contributed by atoms with Crippen LogP contribution in [0.2, 0.25) is 0 Å². The number of carbonyl (C=O) groups excluding carboxylic acids is 1. The number of carbonyl (C=O) groups is 1. The van der Waals surface area contributed by atoms with E-state index in [-0.39, 0.29) is 24.7 Å². The van der Waals surface area contributed by atoms with E-state index in [0.29, 0.717) is 6.54 Å². The van der Waals surface area contributed by atoms with Gasteiger partial charge >= 0.3 is 0 Å². The number of amides is 1. The van der Waals surface area contributed by atoms with Gasteiger partial charge in [-0.25, -0.2) is 15.0 Å². The molecule has 5 heterocycles. The van der Waals surface area contributed by atoms with Gasteiger partial charge in [0.15, 0.2) is 5.65 Å². The molecule has 2 atom stereocenters. The summed E-state index contributed by atoms with van der Waals surface area (Å²) in [5.41, 5.74) is 4.29. The summed E-state index contributed by atoms with van der Waals surface area (Å²) in [5.74, 6) is 1.10. The minimum absolute atomic E-state index is 0.0960. The number of piperazine rings is 1. The summed E-state index contributed by atoms with van der Waals surface area (Å²) >= 11 is 0. The fraction of sp³-hybridized carbons (Fsp3) is 0.333. The number of pyridine rings is 2. The van der Waals surface area contributed by atoms with Gasteiger partial charge in [0.05, 0.1) is 6.33 Å². The first-order chi connectivity index (χ1) is 17.2. The Hall–Kier alpha value is -3.78. The first kappa shape index (κ1) is 21.7. The van der Waals surface area contributed by atoms with E-state index in [1.807, 2.05) is 39.9 Å². The van der Waals surface area contributed by atoms with E-state index in [2.05, 4.69) is 62.0 Å². The first-order valence-corrected chi connectivity index (χ1v) is 12.2. The molecule has 0 bridgehead atoms. The summed E-state index contributed by atoms with van der Waals surface area (Å²) < 4.78 is 1.84. The zero-order valence-corrected chi connectivity index (χ0v) is 19.9. The number of nitrogens with zero attached hydrogens (tertiary/aromatic N) is 7. The SMILES string of the molecule is C[C@@H]1CN(C2c3ccccc3CCN2c2ccccn2)CCN1C(=O)Cn1cnc2cccnc21. The van der Waals surface area contributed by atoms with Crippen LogP contribution in [0.3, 0.4) is 0 Å². The van der Waals surface area contributed by atoms with Crippen LogP contribution in [0.25, 0.3) is 11.2 Å². The molecule has 1 aromatic carbocycles. The minimum Gasteiger partial charge on any atom is -0.336 e. The second-order valence-electron chi connectivity index (χ2n) is 9.35. The molecular formula is C27H29N7O. The van der Waals surface area contributed by atoms with Gasteiger partial charge in [-0.2, -0.15) is 0 Å². The van der Waals surface area contributed by atoms with Gasteiger partial charge in [-0.3, -0.25) is 9.69 Å². The van der Waals surface area contributed by atoms with Crippen molar-refractivity contribution in [3.05, 3.63) is 84.4 Å². The van der Waals surface area contributed by atoms with Crippen molar-refractivity contribution in [2.75, 3.05) is 31.1 Å². The third-order valence-corrected chi connectivity index (χ3v) is 7.20. The molecule has 8 heteroatoms. The molecule has 0 N–H and O–H groups in total. The number of imidazole rings is 1. The second-order valence-corrected chi connectivity index (χ2v) is 9.35. The predicted octanol–water partition coefficient (Wildman–Crippen LogP) is 3.12. The maximum atomic E-state index is 13.3. The quantitative estimate of drug-likeness (QED) is 0.459. The smallest absolute Gasteiger partial charge is 0.242 e. The number of hydrogen-bond acceptors (Lipinski definition) is 6. The molecule has 1 amide bonds. The molecule has 1 saturated heterocycles. The molecule has 4 aromatic rings. The average Bonchev–Trinajstić information content (AvgIpc) is 3.31. The second kappa shape index (κ2) is 9.11. The van der Waals surface area contributed by atoms with Crippen molar-refractivity contribution in [3.63, 3.8) is 0 Å². The molecule has 0 aliphatic carbocycles. The van der Waals surface area contributed by atoms with Crippen LogP contribution >= 0.6 is 0 Å². The Bertz CT molecular complexity index is 1340. The summed E-state index contributed by atoms with van der Waals surface area (Å²) in [7, 11) is 0. The lowest BCUT2D eigenvalue weighted by molar-refractivity contribution is -0.136. The molecule has 1 fully saturated rings. The van der Waals surface area contributed by atoms with Crippen LogP contribution in [0.4, 0.5) is 5.82 Å². The van der Waals surface area contributed by atoms with E-state index in [0.717, 1.165) is 43.0 Å². The van der Waals surface area contributed by atoms with E-state index in [1.54, 1.807) is 12.5 Å². The van der Waals surface area contributed by atoms with Crippen LogP contribution in [0.5, 0.6) is 0 Å². The first-order valence-electron chi connectivity index (χ1n) is 12.2. The highest BCUT2D eigenvalue weighted by atomic mass is 16.2. The summed E-state index contributed by atoms with van der Waals surface area (Å²) in [5, 5.41) is 0. The summed E-state index contributed by atoms with van der Waals surface area (Å²) in [6, 6.07) is 18.7. The van der Waals surface area contributed by atoms with Crippen molar-refractivity contribution in [1.29, 1.82) is 0 Å². The van der Waals surface area contributed by atoms with Crippen LogP contribution in [-0.2, 0) is 17.8 Å². The normalized spacial score (nSPS) is 20.7. The highest BCUT2D eigenvalue weighted by molar-refractivity contribution is 5.79. The van der Waals surface area contributed by atoms with E-state index in [1.165, 1.54) is 11.1 Å². The summed E-state index contributed by atoms with van der Waals surface area (Å²) in [6.07, 6.45) is 6.42. The van der Waals surface area contributed by atoms with Gasteiger partial charge in [-0.05, 0) is 48.7 Å². The van der Waals surface area contributed by atoms with Gasteiger partial charge in [0, 0.05) is 44.6 Å². The Morgan fingerprint density at radius 1 is 0.943 bits per heavy atom. The van der Waals surface area contributed by atoms with Gasteiger partial charge in [-0.1, -0.05) is 30.3 Å². The molecule has 2 aliphatic heterocycles. The van der Waals surface area contributed by atoms with Crippen LogP contribution in [0, 0.1) is 0 Å². The highest BCUT2D eigenvalue weighted by Crippen LogP contribution is 2.36. The van der Waals surface area contributed by atoms with Crippen LogP contribution in [0.15, 0.2) is 73.3 Å². The molecule has 35 heavy (non-hydrogen) atoms. The Labute approximate surface area is 204 Å². The minimum atomic E-state index is 0.0960. The Kier molecular flexibility index (Phi) is 5.66. The number of rotatable bonds is 4. The van der Waals surface area contributed by atoms with E-state index >= 15 is 0 Å².